The van der Waals surface area contributed by atoms with Crippen LogP contribution in [0.3, 0.4) is 0 Å². The largest absolute Gasteiger partial charge is 0.382 e. The van der Waals surface area contributed by atoms with Gasteiger partial charge in [-0.05, 0) is 55.0 Å². The first-order valence-electron chi connectivity index (χ1n) is 9.79. The fourth-order valence-corrected chi connectivity index (χ4v) is 3.82. The molecule has 1 aromatic carbocycles. The Morgan fingerprint density at radius 3 is 2.41 bits per heavy atom. The lowest BCUT2D eigenvalue weighted by molar-refractivity contribution is -0.140. The average molecular weight is 421 g/mol. The molecule has 0 fully saturated rings. The normalized spacial score (nSPS) is 10.8. The lowest BCUT2D eigenvalue weighted by atomic mass is 10.2. The lowest BCUT2D eigenvalue weighted by Crippen LogP contribution is -2.42. The van der Waals surface area contributed by atoms with Gasteiger partial charge in [0.15, 0.2) is 0 Å². The van der Waals surface area contributed by atoms with Gasteiger partial charge in [-0.25, -0.2) is 4.39 Å². The topological polar surface area (TPSA) is 49.9 Å². The fraction of sp³-hybridized carbons (Fsp3) is 0.455. The Morgan fingerprint density at radius 2 is 1.83 bits per heavy atom. The molecule has 0 radical (unpaired) electrons. The van der Waals surface area contributed by atoms with Gasteiger partial charge in [0.2, 0.25) is 11.8 Å². The molecule has 0 spiro atoms. The van der Waals surface area contributed by atoms with Gasteiger partial charge >= 0.3 is 0 Å². The van der Waals surface area contributed by atoms with E-state index in [1.807, 2.05) is 25.3 Å². The predicted molar refractivity (Wildman–Crippen MR) is 113 cm³/mol. The highest BCUT2D eigenvalue weighted by Gasteiger charge is 2.21. The summed E-state index contributed by atoms with van der Waals surface area (Å²) in [6, 6.07) is 8.17. The molecule has 0 saturated carbocycles. The summed E-state index contributed by atoms with van der Waals surface area (Å²) in [5.41, 5.74) is 1.98. The molecule has 0 aliphatic rings. The smallest absolute Gasteiger partial charge is 0.242 e. The zero-order valence-corrected chi connectivity index (χ0v) is 18.1. The molecule has 0 atom stereocenters. The van der Waals surface area contributed by atoms with Crippen LogP contribution in [0, 0.1) is 12.7 Å². The maximum Gasteiger partial charge on any atom is 0.242 e. The monoisotopic (exact) mass is 420 g/mol. The van der Waals surface area contributed by atoms with Crippen LogP contribution in [0.4, 0.5) is 4.39 Å². The van der Waals surface area contributed by atoms with E-state index < -0.39 is 0 Å². The molecule has 2 aromatic rings. The van der Waals surface area contributed by atoms with Crippen molar-refractivity contribution in [3.05, 3.63) is 57.5 Å². The van der Waals surface area contributed by atoms with Gasteiger partial charge in [0.25, 0.3) is 0 Å². The molecular weight excluding hydrogens is 391 g/mol. The van der Waals surface area contributed by atoms with Crippen LogP contribution in [0.15, 0.2) is 35.7 Å². The summed E-state index contributed by atoms with van der Waals surface area (Å²) in [5, 5.41) is 2.00. The van der Waals surface area contributed by atoms with Gasteiger partial charge in [-0.3, -0.25) is 9.59 Å². The van der Waals surface area contributed by atoms with Gasteiger partial charge in [0, 0.05) is 38.1 Å². The van der Waals surface area contributed by atoms with Gasteiger partial charge in [-0.1, -0.05) is 12.1 Å². The minimum atomic E-state index is -0.308. The van der Waals surface area contributed by atoms with E-state index in [1.54, 1.807) is 33.3 Å². The van der Waals surface area contributed by atoms with E-state index in [9.17, 15) is 14.0 Å². The highest BCUT2D eigenvalue weighted by Crippen LogP contribution is 2.20. The third-order valence-corrected chi connectivity index (χ3v) is 5.64. The van der Waals surface area contributed by atoms with Crippen LogP contribution < -0.4 is 0 Å². The third kappa shape index (κ3) is 7.59. The number of hydrogen-bond donors (Lipinski definition) is 0. The molecule has 0 unspecified atom stereocenters. The van der Waals surface area contributed by atoms with E-state index in [0.29, 0.717) is 39.3 Å². The maximum absolute atomic E-state index is 13.2. The Balaban J connectivity index is 2.10. The van der Waals surface area contributed by atoms with E-state index in [1.165, 1.54) is 19.1 Å². The van der Waals surface area contributed by atoms with Crippen molar-refractivity contribution in [2.24, 2.45) is 0 Å². The molecule has 0 aliphatic carbocycles. The van der Waals surface area contributed by atoms with Gasteiger partial charge in [-0.2, -0.15) is 0 Å². The SMILES string of the molecule is CCOCCCN(CC(=O)N(Cc1ccc(F)cc1)Cc1sccc1C)C(C)=O. The summed E-state index contributed by atoms with van der Waals surface area (Å²) in [4.78, 5) is 29.5. The van der Waals surface area contributed by atoms with Gasteiger partial charge in [0.05, 0.1) is 13.1 Å². The van der Waals surface area contributed by atoms with Gasteiger partial charge in [0.1, 0.15) is 5.82 Å². The Kier molecular flexibility index (Phi) is 9.28. The van der Waals surface area contributed by atoms with Gasteiger partial charge < -0.3 is 14.5 Å². The highest BCUT2D eigenvalue weighted by molar-refractivity contribution is 7.10. The van der Waals surface area contributed by atoms with Crippen LogP contribution in [-0.2, 0) is 27.4 Å². The molecule has 1 heterocycles. The molecule has 0 bridgehead atoms. The third-order valence-electron chi connectivity index (χ3n) is 4.63. The maximum atomic E-state index is 13.2. The average Bonchev–Trinajstić information content (AvgIpc) is 3.09. The molecule has 0 aliphatic heterocycles. The minimum Gasteiger partial charge on any atom is -0.382 e. The Morgan fingerprint density at radius 1 is 1.10 bits per heavy atom. The number of aryl methyl sites for hydroxylation is 1. The number of hydrogen-bond acceptors (Lipinski definition) is 4. The number of carbonyl (C=O) groups excluding carboxylic acids is 2. The molecule has 2 rings (SSSR count). The van der Waals surface area contributed by atoms with E-state index in [-0.39, 0.29) is 24.2 Å². The zero-order valence-electron chi connectivity index (χ0n) is 17.3. The summed E-state index contributed by atoms with van der Waals surface area (Å²) in [6.45, 7) is 7.92. The van der Waals surface area contributed by atoms with Crippen LogP contribution in [-0.4, -0.2) is 47.9 Å². The molecule has 7 heteroatoms. The molecule has 5 nitrogen and oxygen atoms in total. The second kappa shape index (κ2) is 11.7. The number of amides is 2. The number of rotatable bonds is 11. The lowest BCUT2D eigenvalue weighted by Gasteiger charge is -2.27. The number of carbonyl (C=O) groups is 2. The van der Waals surface area contributed by atoms with Crippen LogP contribution in [0.25, 0.3) is 0 Å². The van der Waals surface area contributed by atoms with E-state index in [0.717, 1.165) is 16.0 Å². The molecule has 29 heavy (non-hydrogen) atoms. The second-order valence-electron chi connectivity index (χ2n) is 6.89. The van der Waals surface area contributed by atoms with Crippen molar-refractivity contribution in [1.82, 2.24) is 9.80 Å². The van der Waals surface area contributed by atoms with Crippen molar-refractivity contribution in [2.45, 2.75) is 40.3 Å². The van der Waals surface area contributed by atoms with E-state index in [4.69, 9.17) is 4.74 Å². The van der Waals surface area contributed by atoms with Crippen LogP contribution in [0.1, 0.15) is 36.3 Å². The summed E-state index contributed by atoms with van der Waals surface area (Å²) in [6.07, 6.45) is 0.683. The quantitative estimate of drug-likeness (QED) is 0.516. The van der Waals surface area contributed by atoms with Crippen LogP contribution >= 0.6 is 11.3 Å². The summed E-state index contributed by atoms with van der Waals surface area (Å²) in [7, 11) is 0. The summed E-state index contributed by atoms with van der Waals surface area (Å²) in [5.74, 6) is -0.574. The number of ether oxygens (including phenoxy) is 1. The number of benzene rings is 1. The van der Waals surface area contributed by atoms with Crippen molar-refractivity contribution < 1.29 is 18.7 Å². The predicted octanol–water partition coefficient (Wildman–Crippen LogP) is 4.00. The molecule has 0 N–H and O–H groups in total. The first kappa shape index (κ1) is 23.0. The van der Waals surface area contributed by atoms with Crippen molar-refractivity contribution >= 4 is 23.2 Å². The Bertz CT molecular complexity index is 792. The Labute approximate surface area is 176 Å². The van der Waals surface area contributed by atoms with Crippen molar-refractivity contribution in [1.29, 1.82) is 0 Å². The standard InChI is InChI=1S/C22H29FN2O3S/c1-4-28-12-5-11-24(18(3)26)16-22(27)25(15-21-17(2)10-13-29-21)14-19-6-8-20(23)9-7-19/h6-10,13H,4-5,11-12,14-16H2,1-3H3. The summed E-state index contributed by atoms with van der Waals surface area (Å²) < 4.78 is 18.6. The highest BCUT2D eigenvalue weighted by atomic mass is 32.1. The molecule has 1 aromatic heterocycles. The first-order chi connectivity index (χ1) is 13.9. The molecule has 158 valence electrons. The molecule has 0 saturated heterocycles. The Hall–Kier alpha value is -2.25. The van der Waals surface area contributed by atoms with Crippen molar-refractivity contribution in [3.63, 3.8) is 0 Å². The second-order valence-corrected chi connectivity index (χ2v) is 7.89. The molecule has 2 amide bonds. The zero-order chi connectivity index (χ0) is 21.2. The summed E-state index contributed by atoms with van der Waals surface area (Å²) >= 11 is 1.60. The molecular formula is C22H29FN2O3S. The number of halogens is 1. The van der Waals surface area contributed by atoms with Crippen LogP contribution in [0.2, 0.25) is 0 Å². The van der Waals surface area contributed by atoms with Crippen molar-refractivity contribution in [2.75, 3.05) is 26.3 Å². The fourth-order valence-electron chi connectivity index (χ4n) is 2.89. The number of thiophene rings is 1. The van der Waals surface area contributed by atoms with E-state index >= 15 is 0 Å². The van der Waals surface area contributed by atoms with E-state index in [2.05, 4.69) is 0 Å². The number of nitrogens with zero attached hydrogens (tertiary/aromatic N) is 2. The van der Waals surface area contributed by atoms with Crippen molar-refractivity contribution in [3.8, 4) is 0 Å². The minimum absolute atomic E-state index is 0.0209. The first-order valence-corrected chi connectivity index (χ1v) is 10.7. The van der Waals surface area contributed by atoms with Crippen LogP contribution in [0.5, 0.6) is 0 Å². The van der Waals surface area contributed by atoms with Gasteiger partial charge in [-0.15, -0.1) is 11.3 Å².